The Kier molecular flexibility index (Phi) is 11.8. The number of hydrogen-bond donors (Lipinski definition) is 6. The van der Waals surface area contributed by atoms with Crippen LogP contribution in [0.4, 0.5) is 21.9 Å². The lowest BCUT2D eigenvalue weighted by Crippen LogP contribution is -2.52. The van der Waals surface area contributed by atoms with Crippen molar-refractivity contribution in [2.24, 2.45) is 0 Å². The van der Waals surface area contributed by atoms with Gasteiger partial charge in [0.25, 0.3) is 5.91 Å². The van der Waals surface area contributed by atoms with Gasteiger partial charge in [0.1, 0.15) is 11.8 Å². The van der Waals surface area contributed by atoms with Crippen LogP contribution in [0.5, 0.6) is 5.75 Å². The molecule has 1 aromatic heterocycles. The molecule has 14 nitrogen and oxygen atoms in total. The molecular weight excluding hydrogens is 678 g/mol. The van der Waals surface area contributed by atoms with Crippen molar-refractivity contribution in [3.63, 3.8) is 0 Å². The average Bonchev–Trinajstić information content (AvgIpc) is 3.74. The number of ether oxygens (including phenoxy) is 1. The summed E-state index contributed by atoms with van der Waals surface area (Å²) < 4.78 is 5.90. The zero-order chi connectivity index (χ0) is 37.2. The van der Waals surface area contributed by atoms with E-state index < -0.39 is 23.9 Å². The fourth-order valence-electron chi connectivity index (χ4n) is 6.26. The van der Waals surface area contributed by atoms with Crippen molar-refractivity contribution in [2.75, 3.05) is 29.1 Å². The van der Waals surface area contributed by atoms with E-state index in [1.54, 1.807) is 42.5 Å². The number of fused-ring (bicyclic) bond motifs is 2. The summed E-state index contributed by atoms with van der Waals surface area (Å²) in [6.07, 6.45) is 9.24. The van der Waals surface area contributed by atoms with Crippen LogP contribution < -0.4 is 31.3 Å². The Labute approximate surface area is 305 Å². The number of benzene rings is 3. The number of aromatic amines is 1. The quantitative estimate of drug-likeness (QED) is 0.0552. The molecular formula is C39H41N7O7. The number of carbonyl (C=O) groups excluding carboxylic acids is 6. The molecule has 0 saturated carbocycles. The standard InChI is InChI=1S/C39H41N7O7/c47-34(16-17-35(48)42-27-6-8-28(9-7-27)43-39(52)44-29-10-13-32-25(22-29)18-20-40-32)41-19-4-2-1-3-5-21-53-30-11-12-31-26(23-30)24-46(38(31)51)33-14-15-36(49)45-37(33)50/h6-13,16-18,20,22-23,33,40H,1-5,14-15,19,21,24H2,(H,41,47)(H,42,48)(H2,43,44,52)(H,45,49,50)/b17-16+. The van der Waals surface area contributed by atoms with E-state index in [0.717, 1.165) is 48.6 Å². The molecule has 274 valence electrons. The Morgan fingerprint density at radius 2 is 1.51 bits per heavy atom. The summed E-state index contributed by atoms with van der Waals surface area (Å²) in [6, 6.07) is 18.4. The molecule has 7 amide bonds. The van der Waals surface area contributed by atoms with Crippen LogP contribution in [0.25, 0.3) is 10.9 Å². The van der Waals surface area contributed by atoms with Crippen LogP contribution in [0.3, 0.4) is 0 Å². The number of anilines is 3. The zero-order valence-electron chi connectivity index (χ0n) is 29.0. The van der Waals surface area contributed by atoms with Gasteiger partial charge < -0.3 is 35.9 Å². The van der Waals surface area contributed by atoms with Gasteiger partial charge in [0, 0.05) is 71.4 Å². The van der Waals surface area contributed by atoms with Crippen LogP contribution in [0, 0.1) is 0 Å². The first kappa shape index (κ1) is 36.4. The monoisotopic (exact) mass is 719 g/mol. The molecule has 14 heteroatoms. The molecule has 3 aromatic carbocycles. The van der Waals surface area contributed by atoms with Gasteiger partial charge in [-0.25, -0.2) is 4.79 Å². The SMILES string of the molecule is O=C(/C=C/C(=O)Nc1ccc(NC(=O)Nc2ccc3[nH]ccc3c2)cc1)NCCCCCCCOc1ccc2c(c1)CN(C1CCC(=O)NC1=O)C2=O. The molecule has 2 aliphatic rings. The molecule has 4 aromatic rings. The van der Waals surface area contributed by atoms with Gasteiger partial charge in [-0.15, -0.1) is 0 Å². The molecule has 6 N–H and O–H groups in total. The minimum absolute atomic E-state index is 0.210. The number of hydrogen-bond acceptors (Lipinski definition) is 7. The third kappa shape index (κ3) is 9.88. The second kappa shape index (κ2) is 17.2. The van der Waals surface area contributed by atoms with Gasteiger partial charge in [0.15, 0.2) is 0 Å². The van der Waals surface area contributed by atoms with Gasteiger partial charge in [-0.05, 0) is 91.6 Å². The molecule has 0 aliphatic carbocycles. The molecule has 0 bridgehead atoms. The van der Waals surface area contributed by atoms with Gasteiger partial charge in [0.2, 0.25) is 23.6 Å². The lowest BCUT2D eigenvalue weighted by molar-refractivity contribution is -0.137. The molecule has 6 rings (SSSR count). The number of nitrogens with one attached hydrogen (secondary N) is 6. The molecule has 3 heterocycles. The van der Waals surface area contributed by atoms with Crippen LogP contribution in [-0.2, 0) is 25.7 Å². The van der Waals surface area contributed by atoms with Gasteiger partial charge in [0.05, 0.1) is 6.61 Å². The molecule has 1 atom stereocenters. The smallest absolute Gasteiger partial charge is 0.323 e. The summed E-state index contributed by atoms with van der Waals surface area (Å²) in [5.74, 6) is -1.10. The van der Waals surface area contributed by atoms with Crippen molar-refractivity contribution in [3.8, 4) is 5.75 Å². The number of nitrogens with zero attached hydrogens (tertiary/aromatic N) is 1. The number of unbranched alkanes of at least 4 members (excludes halogenated alkanes) is 4. The number of urea groups is 1. The number of imide groups is 1. The first-order chi connectivity index (χ1) is 25.7. The highest BCUT2D eigenvalue weighted by atomic mass is 16.5. The van der Waals surface area contributed by atoms with E-state index in [1.807, 2.05) is 30.5 Å². The van der Waals surface area contributed by atoms with E-state index in [0.29, 0.717) is 54.5 Å². The number of amides is 7. The summed E-state index contributed by atoms with van der Waals surface area (Å²) in [4.78, 5) is 78.0. The lowest BCUT2D eigenvalue weighted by atomic mass is 10.0. The second-order valence-corrected chi connectivity index (χ2v) is 12.9. The molecule has 53 heavy (non-hydrogen) atoms. The van der Waals surface area contributed by atoms with Gasteiger partial charge in [-0.3, -0.25) is 29.3 Å². The largest absolute Gasteiger partial charge is 0.494 e. The van der Waals surface area contributed by atoms with Crippen molar-refractivity contribution in [3.05, 3.63) is 96.2 Å². The second-order valence-electron chi connectivity index (χ2n) is 12.9. The average molecular weight is 720 g/mol. The molecule has 0 radical (unpaired) electrons. The fraction of sp³-hybridized carbons (Fsp3) is 0.282. The third-order valence-corrected chi connectivity index (χ3v) is 8.99. The third-order valence-electron chi connectivity index (χ3n) is 8.99. The van der Waals surface area contributed by atoms with Crippen LogP contribution in [-0.4, -0.2) is 64.6 Å². The first-order valence-corrected chi connectivity index (χ1v) is 17.6. The Hall–Kier alpha value is -6.44. The number of aromatic nitrogens is 1. The molecule has 1 saturated heterocycles. The van der Waals surface area contributed by atoms with Crippen LogP contribution in [0.1, 0.15) is 60.9 Å². The van der Waals surface area contributed by atoms with E-state index in [9.17, 15) is 28.8 Å². The van der Waals surface area contributed by atoms with Crippen LogP contribution in [0.15, 0.2) is 85.1 Å². The van der Waals surface area contributed by atoms with Crippen molar-refractivity contribution in [1.82, 2.24) is 20.5 Å². The Bertz CT molecular complexity index is 2040. The van der Waals surface area contributed by atoms with E-state index in [1.165, 1.54) is 17.1 Å². The van der Waals surface area contributed by atoms with E-state index in [2.05, 4.69) is 31.6 Å². The van der Waals surface area contributed by atoms with Gasteiger partial charge in [-0.2, -0.15) is 0 Å². The Balaban J connectivity index is 0.799. The normalized spacial score (nSPS) is 15.3. The minimum Gasteiger partial charge on any atom is -0.494 e. The Morgan fingerprint density at radius 3 is 2.32 bits per heavy atom. The van der Waals surface area contributed by atoms with Crippen molar-refractivity contribution >= 4 is 63.5 Å². The topological polar surface area (TPSA) is 191 Å². The van der Waals surface area contributed by atoms with E-state index in [4.69, 9.17) is 4.74 Å². The maximum Gasteiger partial charge on any atom is 0.323 e. The lowest BCUT2D eigenvalue weighted by Gasteiger charge is -2.29. The predicted molar refractivity (Wildman–Crippen MR) is 199 cm³/mol. The van der Waals surface area contributed by atoms with Gasteiger partial charge in [-0.1, -0.05) is 19.3 Å². The maximum absolute atomic E-state index is 12.8. The number of H-pyrrole nitrogens is 1. The van der Waals surface area contributed by atoms with Crippen molar-refractivity contribution in [2.45, 2.75) is 57.5 Å². The summed E-state index contributed by atoms with van der Waals surface area (Å²) in [7, 11) is 0. The first-order valence-electron chi connectivity index (χ1n) is 17.6. The van der Waals surface area contributed by atoms with Gasteiger partial charge >= 0.3 is 6.03 Å². The molecule has 1 fully saturated rings. The predicted octanol–water partition coefficient (Wildman–Crippen LogP) is 5.21. The number of piperidine rings is 1. The zero-order valence-corrected chi connectivity index (χ0v) is 29.0. The highest BCUT2D eigenvalue weighted by Gasteiger charge is 2.39. The molecule has 1 unspecified atom stereocenters. The summed E-state index contributed by atoms with van der Waals surface area (Å²) in [5.41, 5.74) is 4.05. The maximum atomic E-state index is 12.8. The summed E-state index contributed by atoms with van der Waals surface area (Å²) in [6.45, 7) is 1.33. The number of rotatable bonds is 15. The van der Waals surface area contributed by atoms with E-state index in [-0.39, 0.29) is 24.1 Å². The molecule has 2 aliphatic heterocycles. The van der Waals surface area contributed by atoms with Crippen molar-refractivity contribution < 1.29 is 33.5 Å². The van der Waals surface area contributed by atoms with Crippen LogP contribution in [0.2, 0.25) is 0 Å². The minimum atomic E-state index is -0.644. The summed E-state index contributed by atoms with van der Waals surface area (Å²) in [5, 5.41) is 14.3. The molecule has 0 spiro atoms. The number of carbonyl (C=O) groups is 6. The van der Waals surface area contributed by atoms with Crippen LogP contribution >= 0.6 is 0 Å². The van der Waals surface area contributed by atoms with Crippen molar-refractivity contribution in [1.29, 1.82) is 0 Å². The van der Waals surface area contributed by atoms with E-state index >= 15 is 0 Å². The Morgan fingerprint density at radius 1 is 0.792 bits per heavy atom. The highest BCUT2D eigenvalue weighted by molar-refractivity contribution is 6.06. The highest BCUT2D eigenvalue weighted by Crippen LogP contribution is 2.30. The fourth-order valence-corrected chi connectivity index (χ4v) is 6.26. The summed E-state index contributed by atoms with van der Waals surface area (Å²) >= 11 is 0.